The number of likely N-dealkylation sites (N-methyl/N-ethyl adjacent to an activating group) is 2. The molecular weight excluding hydrogens is 210 g/mol. The van der Waals surface area contributed by atoms with Gasteiger partial charge in [-0.1, -0.05) is 0 Å². The number of carbonyl (C=O) groups is 1. The first kappa shape index (κ1) is 12.8. The Labute approximate surface area is 96.2 Å². The Balaban J connectivity index is 2.98. The maximum atomic E-state index is 11.7. The maximum absolute atomic E-state index is 11.7. The van der Waals surface area contributed by atoms with Crippen LogP contribution >= 0.6 is 11.8 Å². The predicted molar refractivity (Wildman–Crippen MR) is 64.9 cm³/mol. The van der Waals surface area contributed by atoms with E-state index in [0.717, 1.165) is 13.0 Å². The molecule has 15 heavy (non-hydrogen) atoms. The number of nitrogens with two attached hydrogens (primary N) is 1. The van der Waals surface area contributed by atoms with Crippen LogP contribution in [-0.2, 0) is 0 Å². The van der Waals surface area contributed by atoms with E-state index in [-0.39, 0.29) is 10.8 Å². The van der Waals surface area contributed by atoms with E-state index < -0.39 is 4.87 Å². The second-order valence-corrected chi connectivity index (χ2v) is 6.59. The first-order valence-electron chi connectivity index (χ1n) is 5.07. The Morgan fingerprint density at radius 2 is 2.00 bits per heavy atom. The topological polar surface area (TPSA) is 49.6 Å². The number of hydrogen-bond donors (Lipinski definition) is 1. The second-order valence-electron chi connectivity index (χ2n) is 5.10. The molecule has 0 saturated carbocycles. The molecule has 2 N–H and O–H groups in total. The average Bonchev–Trinajstić information content (AvgIpc) is 2.07. The van der Waals surface area contributed by atoms with Crippen LogP contribution in [0.1, 0.15) is 20.3 Å². The highest BCUT2D eigenvalue weighted by Gasteiger charge is 2.41. The summed E-state index contributed by atoms with van der Waals surface area (Å²) in [7, 11) is 5.90. The van der Waals surface area contributed by atoms with Gasteiger partial charge in [-0.15, -0.1) is 0 Å². The molecule has 4 nitrogen and oxygen atoms in total. The Hall–Kier alpha value is -0.260. The van der Waals surface area contributed by atoms with Crippen LogP contribution in [0.5, 0.6) is 0 Å². The molecule has 1 aliphatic heterocycles. The highest BCUT2D eigenvalue weighted by atomic mass is 32.2. The summed E-state index contributed by atoms with van der Waals surface area (Å²) in [5, 5.41) is 0.0607. The molecule has 0 spiro atoms. The van der Waals surface area contributed by atoms with Crippen molar-refractivity contribution in [3.05, 3.63) is 0 Å². The summed E-state index contributed by atoms with van der Waals surface area (Å²) in [4.78, 5) is 15.1. The van der Waals surface area contributed by atoms with E-state index in [2.05, 4.69) is 11.8 Å². The van der Waals surface area contributed by atoms with Gasteiger partial charge >= 0.3 is 0 Å². The molecule has 1 heterocycles. The van der Waals surface area contributed by atoms with Crippen LogP contribution in [0.2, 0.25) is 0 Å². The molecule has 5 heteroatoms. The van der Waals surface area contributed by atoms with E-state index >= 15 is 0 Å². The molecule has 1 saturated heterocycles. The summed E-state index contributed by atoms with van der Waals surface area (Å²) < 4.78 is 0. The monoisotopic (exact) mass is 231 g/mol. The van der Waals surface area contributed by atoms with Crippen LogP contribution in [0, 0.1) is 0 Å². The van der Waals surface area contributed by atoms with Crippen molar-refractivity contribution in [3.8, 4) is 0 Å². The molecule has 0 radical (unpaired) electrons. The molecule has 1 rings (SSSR count). The van der Waals surface area contributed by atoms with Crippen molar-refractivity contribution in [2.24, 2.45) is 5.73 Å². The van der Waals surface area contributed by atoms with E-state index in [1.807, 2.05) is 28.1 Å². The fraction of sp³-hybridized carbons (Fsp3) is 0.900. The standard InChI is InChI=1S/C10H21N3OS/c1-9(12(3)4)6-10(2,11)15-8(14)13(5)7-9/h6-7,11H2,1-5H3. The molecule has 0 bridgehead atoms. The van der Waals surface area contributed by atoms with E-state index in [9.17, 15) is 4.79 Å². The Morgan fingerprint density at radius 3 is 2.47 bits per heavy atom. The lowest BCUT2D eigenvalue weighted by molar-refractivity contribution is 0.117. The van der Waals surface area contributed by atoms with Crippen molar-refractivity contribution >= 4 is 17.0 Å². The van der Waals surface area contributed by atoms with E-state index in [0.29, 0.717) is 0 Å². The fourth-order valence-electron chi connectivity index (χ4n) is 2.00. The average molecular weight is 231 g/mol. The highest BCUT2D eigenvalue weighted by molar-refractivity contribution is 8.14. The molecule has 1 amide bonds. The number of nitrogens with zero attached hydrogens (tertiary/aromatic N) is 2. The summed E-state index contributed by atoms with van der Waals surface area (Å²) >= 11 is 1.23. The second kappa shape index (κ2) is 3.96. The molecule has 2 atom stereocenters. The Bertz CT molecular complexity index is 267. The van der Waals surface area contributed by atoms with Crippen LogP contribution in [0.4, 0.5) is 4.79 Å². The lowest BCUT2D eigenvalue weighted by atomic mass is 9.92. The maximum Gasteiger partial charge on any atom is 0.283 e. The summed E-state index contributed by atoms with van der Waals surface area (Å²) in [6, 6.07) is 0. The normalized spacial score (nSPS) is 38.3. The van der Waals surface area contributed by atoms with Gasteiger partial charge in [-0.25, -0.2) is 0 Å². The molecule has 1 fully saturated rings. The van der Waals surface area contributed by atoms with E-state index in [4.69, 9.17) is 5.73 Å². The molecule has 0 aliphatic carbocycles. The van der Waals surface area contributed by atoms with Crippen molar-refractivity contribution in [3.63, 3.8) is 0 Å². The number of rotatable bonds is 1. The first-order chi connectivity index (χ1) is 6.66. The van der Waals surface area contributed by atoms with E-state index in [1.165, 1.54) is 11.8 Å². The Kier molecular flexibility index (Phi) is 3.38. The zero-order valence-corrected chi connectivity index (χ0v) is 11.0. The molecule has 88 valence electrons. The Morgan fingerprint density at radius 1 is 1.47 bits per heavy atom. The minimum Gasteiger partial charge on any atom is -0.335 e. The van der Waals surface area contributed by atoms with Gasteiger partial charge < -0.3 is 15.5 Å². The molecule has 0 aromatic heterocycles. The van der Waals surface area contributed by atoms with Crippen LogP contribution in [-0.4, -0.2) is 53.1 Å². The number of carbonyl (C=O) groups excluding carboxylic acids is 1. The van der Waals surface area contributed by atoms with Gasteiger partial charge in [0.25, 0.3) is 5.24 Å². The van der Waals surface area contributed by atoms with Crippen molar-refractivity contribution < 1.29 is 4.79 Å². The molecule has 2 unspecified atom stereocenters. The molecule has 0 aromatic carbocycles. The summed E-state index contributed by atoms with van der Waals surface area (Å²) in [5.74, 6) is 0. The summed E-state index contributed by atoms with van der Waals surface area (Å²) in [6.07, 6.45) is 0.799. The lowest BCUT2D eigenvalue weighted by Gasteiger charge is -2.40. The van der Waals surface area contributed by atoms with Crippen molar-refractivity contribution in [1.82, 2.24) is 9.80 Å². The highest BCUT2D eigenvalue weighted by Crippen LogP contribution is 2.36. The lowest BCUT2D eigenvalue weighted by Crippen LogP contribution is -2.52. The van der Waals surface area contributed by atoms with Gasteiger partial charge in [0.15, 0.2) is 0 Å². The van der Waals surface area contributed by atoms with E-state index in [1.54, 1.807) is 4.90 Å². The van der Waals surface area contributed by atoms with Gasteiger partial charge in [0.1, 0.15) is 0 Å². The molecule has 0 aromatic rings. The predicted octanol–water partition coefficient (Wildman–Crippen LogP) is 1.17. The summed E-state index contributed by atoms with van der Waals surface area (Å²) in [5.41, 5.74) is 6.07. The SMILES string of the molecule is CN1CC(C)(N(C)C)CC(C)(N)SC1=O. The fourth-order valence-corrected chi connectivity index (χ4v) is 3.00. The first-order valence-corrected chi connectivity index (χ1v) is 5.88. The number of thioether (sulfide) groups is 1. The zero-order valence-electron chi connectivity index (χ0n) is 10.2. The minimum atomic E-state index is -0.485. The largest absolute Gasteiger partial charge is 0.335 e. The van der Waals surface area contributed by atoms with Gasteiger partial charge in [0.05, 0.1) is 4.87 Å². The third kappa shape index (κ3) is 2.86. The minimum absolute atomic E-state index is 0.0581. The van der Waals surface area contributed by atoms with Gasteiger partial charge in [0, 0.05) is 19.1 Å². The van der Waals surface area contributed by atoms with Crippen molar-refractivity contribution in [1.29, 1.82) is 0 Å². The zero-order chi connectivity index (χ0) is 11.9. The quantitative estimate of drug-likeness (QED) is 0.736. The molecular formula is C10H21N3OS. The van der Waals surface area contributed by atoms with Crippen LogP contribution < -0.4 is 5.73 Å². The molecule has 1 aliphatic rings. The van der Waals surface area contributed by atoms with Crippen LogP contribution in [0.15, 0.2) is 0 Å². The smallest absolute Gasteiger partial charge is 0.283 e. The van der Waals surface area contributed by atoms with Gasteiger partial charge in [-0.2, -0.15) is 0 Å². The van der Waals surface area contributed by atoms with Crippen molar-refractivity contribution in [2.45, 2.75) is 30.7 Å². The summed E-state index contributed by atoms with van der Waals surface area (Å²) in [6.45, 7) is 4.79. The van der Waals surface area contributed by atoms with Gasteiger partial charge in [-0.3, -0.25) is 4.79 Å². The van der Waals surface area contributed by atoms with Gasteiger partial charge in [-0.05, 0) is 46.1 Å². The number of hydrogen-bond acceptors (Lipinski definition) is 4. The van der Waals surface area contributed by atoms with Crippen molar-refractivity contribution in [2.75, 3.05) is 27.7 Å². The van der Waals surface area contributed by atoms with Gasteiger partial charge in [0.2, 0.25) is 0 Å². The third-order valence-electron chi connectivity index (χ3n) is 3.02. The van der Waals surface area contributed by atoms with Crippen LogP contribution in [0.25, 0.3) is 0 Å². The van der Waals surface area contributed by atoms with Crippen LogP contribution in [0.3, 0.4) is 0 Å². The number of amides is 1. The third-order valence-corrected chi connectivity index (χ3v) is 4.12.